The van der Waals surface area contributed by atoms with Crippen molar-refractivity contribution in [1.29, 1.82) is 0 Å². The molecule has 0 aromatic rings. The van der Waals surface area contributed by atoms with Crippen LogP contribution < -0.4 is 27.4 Å². The van der Waals surface area contributed by atoms with Crippen molar-refractivity contribution in [3.8, 4) is 0 Å². The average molecular weight is 647 g/mol. The van der Waals surface area contributed by atoms with Crippen LogP contribution in [0, 0.1) is 28.6 Å². The first-order valence-corrected chi connectivity index (χ1v) is 18.1. The molecule has 10 nitrogen and oxygen atoms in total. The Morgan fingerprint density at radius 1 is 1.04 bits per heavy atom. The van der Waals surface area contributed by atoms with Crippen LogP contribution in [0.4, 0.5) is 8.78 Å². The van der Waals surface area contributed by atoms with Crippen LogP contribution in [0.1, 0.15) is 71.1 Å². The number of alkyl halides is 1. The van der Waals surface area contributed by atoms with Gasteiger partial charge < -0.3 is 32.3 Å². The summed E-state index contributed by atoms with van der Waals surface area (Å²) in [5.74, 6) is -0.574. The lowest BCUT2D eigenvalue weighted by Gasteiger charge is -2.49. The number of rotatable bonds is 6. The van der Waals surface area contributed by atoms with Crippen LogP contribution in [0.15, 0.2) is 11.5 Å². The Morgan fingerprint density at radius 2 is 1.76 bits per heavy atom. The molecule has 3 saturated heterocycles. The van der Waals surface area contributed by atoms with Crippen LogP contribution in [-0.2, 0) is 9.59 Å². The van der Waals surface area contributed by atoms with Crippen LogP contribution in [0.25, 0.3) is 0 Å². The number of halogens is 2. The van der Waals surface area contributed by atoms with Gasteiger partial charge in [0.15, 0.2) is 0 Å². The zero-order chi connectivity index (χ0) is 32.4. The van der Waals surface area contributed by atoms with E-state index in [1.165, 1.54) is 0 Å². The highest BCUT2D eigenvalue weighted by Gasteiger charge is 2.68. The van der Waals surface area contributed by atoms with Gasteiger partial charge >= 0.3 is 0 Å². The predicted octanol–water partition coefficient (Wildman–Crippen LogP) is 1.42. The minimum absolute atomic E-state index is 0.0392. The van der Waals surface area contributed by atoms with E-state index >= 15 is 8.78 Å². The quantitative estimate of drug-likeness (QED) is 0.274. The van der Waals surface area contributed by atoms with Gasteiger partial charge in [-0.15, -0.1) is 0 Å². The lowest BCUT2D eigenvalue weighted by Crippen LogP contribution is -2.69. The smallest absolute Gasteiger partial charge is 0.241 e. The molecule has 3 saturated carbocycles. The largest absolute Gasteiger partial charge is 0.384 e. The van der Waals surface area contributed by atoms with Gasteiger partial charge in [-0.05, 0) is 61.7 Å². The molecule has 0 radical (unpaired) electrons. The second-order valence-corrected chi connectivity index (χ2v) is 16.2. The van der Waals surface area contributed by atoms with Crippen molar-refractivity contribution in [2.75, 3.05) is 52.9 Å². The van der Waals surface area contributed by atoms with Gasteiger partial charge in [0.2, 0.25) is 11.8 Å². The summed E-state index contributed by atoms with van der Waals surface area (Å²) in [6.07, 6.45) is 7.78. The van der Waals surface area contributed by atoms with Crippen molar-refractivity contribution >= 4 is 11.8 Å². The molecule has 10 atom stereocenters. The van der Waals surface area contributed by atoms with Crippen molar-refractivity contribution < 1.29 is 18.4 Å². The summed E-state index contributed by atoms with van der Waals surface area (Å²) in [6.45, 7) is 5.98. The first-order chi connectivity index (χ1) is 22.0. The number of allylic oxidation sites excluding steroid dienone is 1. The van der Waals surface area contributed by atoms with E-state index in [4.69, 9.17) is 11.5 Å². The van der Waals surface area contributed by atoms with Crippen molar-refractivity contribution in [2.24, 2.45) is 40.1 Å². The summed E-state index contributed by atoms with van der Waals surface area (Å²) in [5.41, 5.74) is 13.5. The third-order valence-corrected chi connectivity index (χ3v) is 13.4. The molecule has 2 amide bonds. The Labute approximate surface area is 272 Å². The monoisotopic (exact) mass is 646 g/mol. The normalized spacial score (nSPS) is 42.8. The van der Waals surface area contributed by atoms with Crippen LogP contribution in [0.2, 0.25) is 0 Å². The van der Waals surface area contributed by atoms with Gasteiger partial charge in [0, 0.05) is 70.5 Å². The number of amides is 2. The van der Waals surface area contributed by atoms with Crippen molar-refractivity contribution in [3.05, 3.63) is 11.5 Å². The fraction of sp³-hybridized carbons (Fsp3) is 0.882. The zero-order valence-corrected chi connectivity index (χ0v) is 27.8. The van der Waals surface area contributed by atoms with Crippen molar-refractivity contribution in [1.82, 2.24) is 30.7 Å². The Bertz CT molecular complexity index is 1220. The van der Waals surface area contributed by atoms with Gasteiger partial charge in [0.1, 0.15) is 18.0 Å². The molecule has 4 aliphatic heterocycles. The first-order valence-electron chi connectivity index (χ1n) is 18.1. The molecule has 0 aromatic carbocycles. The topological polar surface area (TPSA) is 132 Å². The summed E-state index contributed by atoms with van der Waals surface area (Å²) in [5, 5.41) is 9.98. The standard InChI is InChI=1S/C34H56F2N8O2/c1-20-5-6-21(13-20)28-27(36)29(44-12-11-43-10-9-42(2)32(46)25(43)18-44)24(17-40-28)41-31(45)26(30(37)38)23-15-34-8-4-3-7-33(34,19-34)14-22(35)16-39-23/h20-26,29-30,39-40H,3-19,37-38H2,1-2H3,(H,41,45). The fourth-order valence-electron chi connectivity index (χ4n) is 10.8. The number of hydrogen-bond acceptors (Lipinski definition) is 8. The summed E-state index contributed by atoms with van der Waals surface area (Å²) < 4.78 is 32.1. The van der Waals surface area contributed by atoms with E-state index in [0.29, 0.717) is 50.8 Å². The molecule has 12 heteroatoms. The number of nitrogens with two attached hydrogens (primary N) is 2. The lowest BCUT2D eigenvalue weighted by atomic mass is 9.71. The molecule has 258 valence electrons. The van der Waals surface area contributed by atoms with Crippen LogP contribution >= 0.6 is 0 Å². The minimum Gasteiger partial charge on any atom is -0.384 e. The second-order valence-electron chi connectivity index (χ2n) is 16.2. The number of fused-ring (bicyclic) bond motifs is 1. The SMILES string of the molecule is CC1CCC(C2=C(F)C(N3CCN4CCN(C)C(=O)C4C3)C(NC(=O)C(C(N)N)C3CC45CCCCC4(CC(F)CN3)C5)CN2)C1. The van der Waals surface area contributed by atoms with Gasteiger partial charge in [0.25, 0.3) is 0 Å². The summed E-state index contributed by atoms with van der Waals surface area (Å²) in [6, 6.07) is -1.95. The predicted molar refractivity (Wildman–Crippen MR) is 172 cm³/mol. The van der Waals surface area contributed by atoms with E-state index in [-0.39, 0.29) is 53.0 Å². The van der Waals surface area contributed by atoms with Gasteiger partial charge in [-0.2, -0.15) is 0 Å². The second kappa shape index (κ2) is 12.5. The van der Waals surface area contributed by atoms with E-state index in [1.54, 1.807) is 4.90 Å². The van der Waals surface area contributed by atoms with Gasteiger partial charge in [0.05, 0.1) is 24.2 Å². The number of likely N-dealkylation sites (N-methyl/N-ethyl adjacent to an activating group) is 1. The summed E-state index contributed by atoms with van der Waals surface area (Å²) in [7, 11) is 1.83. The maximum absolute atomic E-state index is 16.9. The molecule has 0 aromatic heterocycles. The van der Waals surface area contributed by atoms with Gasteiger partial charge in [-0.25, -0.2) is 8.78 Å². The molecule has 3 aliphatic carbocycles. The third-order valence-electron chi connectivity index (χ3n) is 13.4. The van der Waals surface area contributed by atoms with Gasteiger partial charge in [-0.1, -0.05) is 26.2 Å². The van der Waals surface area contributed by atoms with Crippen molar-refractivity contribution in [3.63, 3.8) is 0 Å². The summed E-state index contributed by atoms with van der Waals surface area (Å²) >= 11 is 0. The number of piperazine rings is 2. The van der Waals surface area contributed by atoms with E-state index in [2.05, 4.69) is 32.7 Å². The average Bonchev–Trinajstić information content (AvgIpc) is 3.44. The third kappa shape index (κ3) is 5.77. The molecular weight excluding hydrogens is 590 g/mol. The molecule has 7 aliphatic rings. The van der Waals surface area contributed by atoms with E-state index < -0.39 is 30.3 Å². The Kier molecular flexibility index (Phi) is 8.91. The fourth-order valence-corrected chi connectivity index (χ4v) is 10.8. The molecule has 10 unspecified atom stereocenters. The molecule has 46 heavy (non-hydrogen) atoms. The molecule has 7 N–H and O–H groups in total. The summed E-state index contributed by atoms with van der Waals surface area (Å²) in [4.78, 5) is 33.5. The number of carbonyl (C=O) groups is 2. The Hall–Kier alpha value is -1.86. The lowest BCUT2D eigenvalue weighted by molar-refractivity contribution is -0.144. The maximum atomic E-state index is 16.9. The van der Waals surface area contributed by atoms with Gasteiger partial charge in [-0.3, -0.25) is 19.4 Å². The van der Waals surface area contributed by atoms with E-state index in [0.717, 1.165) is 64.3 Å². The Morgan fingerprint density at radius 3 is 2.48 bits per heavy atom. The molecule has 0 bridgehead atoms. The van der Waals surface area contributed by atoms with Crippen molar-refractivity contribution in [2.45, 2.75) is 108 Å². The van der Waals surface area contributed by atoms with Crippen LogP contribution in [0.5, 0.6) is 0 Å². The number of hydrogen-bond donors (Lipinski definition) is 5. The van der Waals surface area contributed by atoms with Crippen LogP contribution in [-0.4, -0.2) is 116 Å². The molecule has 4 heterocycles. The first kappa shape index (κ1) is 32.7. The Balaban J connectivity index is 1.14. The van der Waals surface area contributed by atoms with E-state index in [1.807, 2.05) is 7.05 Å². The molecule has 6 fully saturated rings. The van der Waals surface area contributed by atoms with E-state index in [9.17, 15) is 9.59 Å². The number of nitrogens with one attached hydrogen (secondary N) is 3. The number of carbonyl (C=O) groups excluding carboxylic acids is 2. The van der Waals surface area contributed by atoms with Crippen LogP contribution in [0.3, 0.4) is 0 Å². The highest BCUT2D eigenvalue weighted by molar-refractivity contribution is 5.83. The number of nitrogens with zero attached hydrogens (tertiary/aromatic N) is 3. The highest BCUT2D eigenvalue weighted by Crippen LogP contribution is 2.76. The zero-order valence-electron chi connectivity index (χ0n) is 27.8. The maximum Gasteiger partial charge on any atom is 0.241 e. The molecule has 7 rings (SSSR count). The highest BCUT2D eigenvalue weighted by atomic mass is 19.1. The minimum atomic E-state index is -0.969. The molecule has 0 spiro atoms. The molecular formula is C34H56F2N8O2.